The third-order valence-corrected chi connectivity index (χ3v) is 4.17. The van der Waals surface area contributed by atoms with Crippen LogP contribution in [0.3, 0.4) is 0 Å². The Balaban J connectivity index is 2.28. The molecule has 0 unspecified atom stereocenters. The molecule has 0 aromatic heterocycles. The molecule has 0 aliphatic heterocycles. The zero-order valence-electron chi connectivity index (χ0n) is 16.4. The lowest BCUT2D eigenvalue weighted by Gasteiger charge is -2.04. The van der Waals surface area contributed by atoms with E-state index in [2.05, 4.69) is 46.3 Å². The van der Waals surface area contributed by atoms with Gasteiger partial charge in [-0.1, -0.05) is 66.8 Å². The van der Waals surface area contributed by atoms with Gasteiger partial charge in [0.25, 0.3) is 0 Å². The fourth-order valence-electron chi connectivity index (χ4n) is 2.56. The van der Waals surface area contributed by atoms with Crippen molar-refractivity contribution in [2.75, 3.05) is 0 Å². The third kappa shape index (κ3) is 7.55. The summed E-state index contributed by atoms with van der Waals surface area (Å²) in [5.74, 6) is 3.29. The second-order valence-electron chi connectivity index (χ2n) is 6.45. The zero-order chi connectivity index (χ0) is 20.0. The van der Waals surface area contributed by atoms with Crippen molar-refractivity contribution in [2.45, 2.75) is 39.0 Å². The normalized spacial score (nSPS) is 18.0. The van der Waals surface area contributed by atoms with Crippen molar-refractivity contribution in [3.8, 4) is 12.3 Å². The number of hydrogen-bond donors (Lipinski definition) is 1. The van der Waals surface area contributed by atoms with E-state index in [9.17, 15) is 0 Å². The number of nitrogens with zero attached hydrogens (tertiary/aromatic N) is 2. The van der Waals surface area contributed by atoms with E-state index in [4.69, 9.17) is 11.8 Å². The van der Waals surface area contributed by atoms with Crippen LogP contribution in [0.1, 0.15) is 39.0 Å². The summed E-state index contributed by atoms with van der Waals surface area (Å²) in [4.78, 5) is 9.14. The van der Waals surface area contributed by atoms with Crippen LogP contribution < -0.4 is 0 Å². The molecule has 2 rings (SSSR count). The minimum absolute atomic E-state index is 0.189. The molecule has 0 atom stereocenters. The third-order valence-electron chi connectivity index (χ3n) is 4.17. The van der Waals surface area contributed by atoms with Crippen LogP contribution in [0.15, 0.2) is 93.5 Å². The Morgan fingerprint density at radius 3 is 2.96 bits per heavy atom. The summed E-state index contributed by atoms with van der Waals surface area (Å²) in [6.07, 6.45) is 33.9. The average molecular weight is 370 g/mol. The quantitative estimate of drug-likeness (QED) is 0.265. The van der Waals surface area contributed by atoms with Gasteiger partial charge in [0.05, 0.1) is 0 Å². The molecule has 1 N–H and O–H groups in total. The molecule has 0 amide bonds. The van der Waals surface area contributed by atoms with Gasteiger partial charge in [-0.15, -0.1) is 12.3 Å². The van der Waals surface area contributed by atoms with Crippen molar-refractivity contribution >= 4 is 17.9 Å². The molecule has 2 aliphatic rings. The molecule has 0 spiro atoms. The lowest BCUT2D eigenvalue weighted by Crippen LogP contribution is -2.05. The van der Waals surface area contributed by atoms with Crippen LogP contribution in [0.25, 0.3) is 0 Å². The number of nitrogens with one attached hydrogen (secondary N) is 1. The fourth-order valence-corrected chi connectivity index (χ4v) is 2.56. The predicted molar refractivity (Wildman–Crippen MR) is 122 cm³/mol. The minimum Gasteiger partial charge on any atom is -0.283 e. The van der Waals surface area contributed by atoms with Crippen molar-refractivity contribution < 1.29 is 0 Å². The van der Waals surface area contributed by atoms with Gasteiger partial charge in [0.2, 0.25) is 0 Å². The molecule has 0 heterocycles. The van der Waals surface area contributed by atoms with Gasteiger partial charge in [-0.25, -0.2) is 9.98 Å². The molecule has 0 saturated heterocycles. The first-order valence-electron chi connectivity index (χ1n) is 9.59. The highest BCUT2D eigenvalue weighted by molar-refractivity contribution is 6.14. The van der Waals surface area contributed by atoms with Crippen molar-refractivity contribution in [3.05, 3.63) is 83.6 Å². The largest absolute Gasteiger partial charge is 0.283 e. The monoisotopic (exact) mass is 369 g/mol. The Morgan fingerprint density at radius 1 is 1.21 bits per heavy atom. The molecule has 2 aliphatic carbocycles. The molecule has 0 aromatic rings. The van der Waals surface area contributed by atoms with Crippen LogP contribution in [-0.4, -0.2) is 17.9 Å². The van der Waals surface area contributed by atoms with Crippen molar-refractivity contribution in [3.63, 3.8) is 0 Å². The minimum atomic E-state index is 0.189. The first-order valence-corrected chi connectivity index (χ1v) is 9.59. The van der Waals surface area contributed by atoms with E-state index in [0.29, 0.717) is 12.3 Å². The lowest BCUT2D eigenvalue weighted by atomic mass is 10.2. The topological polar surface area (TPSA) is 48.6 Å². The number of rotatable bonds is 5. The predicted octanol–water partition coefficient (Wildman–Crippen LogP) is 6.07. The maximum absolute atomic E-state index is 8.34. The second kappa shape index (κ2) is 12.2. The van der Waals surface area contributed by atoms with Crippen LogP contribution >= 0.6 is 0 Å². The lowest BCUT2D eigenvalue weighted by molar-refractivity contribution is 0.875. The second-order valence-corrected chi connectivity index (χ2v) is 6.45. The molecule has 142 valence electrons. The first kappa shape index (κ1) is 21.1. The zero-order valence-corrected chi connectivity index (χ0v) is 16.4. The number of amidine groups is 2. The summed E-state index contributed by atoms with van der Waals surface area (Å²) < 4.78 is 0. The molecule has 0 saturated carbocycles. The van der Waals surface area contributed by atoms with Crippen LogP contribution in [0.2, 0.25) is 0 Å². The summed E-state index contributed by atoms with van der Waals surface area (Å²) in [6, 6.07) is 0. The van der Waals surface area contributed by atoms with Crippen LogP contribution in [0.4, 0.5) is 0 Å². The number of allylic oxidation sites excluding steroid dienone is 11. The van der Waals surface area contributed by atoms with Crippen LogP contribution in [0, 0.1) is 17.8 Å². The molecule has 0 bridgehead atoms. The fraction of sp³-hybridized carbons (Fsp3) is 0.240. The van der Waals surface area contributed by atoms with Gasteiger partial charge in [-0.3, -0.25) is 5.41 Å². The Morgan fingerprint density at radius 2 is 2.11 bits per heavy atom. The van der Waals surface area contributed by atoms with Crippen LogP contribution in [0.5, 0.6) is 0 Å². The standard InChI is InChI=1S/C25H27N3/c1-3-4-5-10-15-21(2)24(26)28-25(23-18-13-8-9-14-19-23)27-20-22-16-11-6-7-12-17-22/h1,5,8-11,13,15-20,26H,4,6-7,12,14H2,2H3/b10-5-,21-15+,26-24?,27-20?,28-25?. The Hall–Kier alpha value is -3.25. The summed E-state index contributed by atoms with van der Waals surface area (Å²) in [7, 11) is 0. The van der Waals surface area contributed by atoms with Crippen molar-refractivity contribution in [1.29, 1.82) is 5.41 Å². The Bertz CT molecular complexity index is 875. The molecule has 3 heteroatoms. The van der Waals surface area contributed by atoms with E-state index in [-0.39, 0.29) is 5.84 Å². The number of hydrogen-bond acceptors (Lipinski definition) is 1. The maximum atomic E-state index is 8.34. The molecule has 0 fully saturated rings. The Labute approximate surface area is 168 Å². The van der Waals surface area contributed by atoms with E-state index < -0.39 is 0 Å². The smallest absolute Gasteiger partial charge is 0.161 e. The van der Waals surface area contributed by atoms with Crippen molar-refractivity contribution in [1.82, 2.24) is 0 Å². The van der Waals surface area contributed by atoms with Crippen molar-refractivity contribution in [2.24, 2.45) is 9.98 Å². The average Bonchev–Trinajstić information content (AvgIpc) is 3.13. The first-order chi connectivity index (χ1) is 13.7. The number of terminal acetylenes is 1. The van der Waals surface area contributed by atoms with Gasteiger partial charge >= 0.3 is 0 Å². The highest BCUT2D eigenvalue weighted by Gasteiger charge is 2.07. The molecular formula is C25H27N3. The SMILES string of the molecule is C#CC/C=C\C=C(/C)C(=N)N=C(N=CC1=CCCCC=C1)C1=CCC=CC=C1. The van der Waals surface area contributed by atoms with Gasteiger partial charge in [-0.2, -0.15) is 0 Å². The molecule has 0 radical (unpaired) electrons. The molecule has 28 heavy (non-hydrogen) atoms. The Kier molecular flexibility index (Phi) is 9.17. The van der Waals surface area contributed by atoms with E-state index in [0.717, 1.165) is 42.4 Å². The summed E-state index contributed by atoms with van der Waals surface area (Å²) in [5, 5.41) is 8.34. The van der Waals surface area contributed by atoms with Crippen LogP contribution in [-0.2, 0) is 0 Å². The van der Waals surface area contributed by atoms with Gasteiger partial charge in [0.15, 0.2) is 5.84 Å². The van der Waals surface area contributed by atoms with E-state index in [1.165, 1.54) is 0 Å². The summed E-state index contributed by atoms with van der Waals surface area (Å²) >= 11 is 0. The van der Waals surface area contributed by atoms with E-state index >= 15 is 0 Å². The van der Waals surface area contributed by atoms with Gasteiger partial charge in [0.1, 0.15) is 5.84 Å². The maximum Gasteiger partial charge on any atom is 0.161 e. The number of aliphatic imine (C=N–C) groups is 2. The van der Waals surface area contributed by atoms with E-state index in [1.807, 2.05) is 49.6 Å². The summed E-state index contributed by atoms with van der Waals surface area (Å²) in [5.41, 5.74) is 2.75. The van der Waals surface area contributed by atoms with Gasteiger partial charge in [-0.05, 0) is 43.8 Å². The van der Waals surface area contributed by atoms with E-state index in [1.54, 1.807) is 0 Å². The summed E-state index contributed by atoms with van der Waals surface area (Å²) in [6.45, 7) is 1.86. The van der Waals surface area contributed by atoms with Gasteiger partial charge < -0.3 is 0 Å². The highest BCUT2D eigenvalue weighted by Crippen LogP contribution is 2.13. The van der Waals surface area contributed by atoms with Gasteiger partial charge in [0, 0.05) is 18.2 Å². The molecule has 3 nitrogen and oxygen atoms in total. The molecule has 0 aromatic carbocycles. The molecular weight excluding hydrogens is 342 g/mol. The highest BCUT2D eigenvalue weighted by atomic mass is 14.9.